The van der Waals surface area contributed by atoms with E-state index in [0.717, 1.165) is 12.8 Å². The standard InChI is InChI=1S/C15H21FN2O2/c1-14(2)5-7-15(20,8-6-14)10-18-13(19)11-4-3-9-17-12(11)16/h3-4,9,20H,5-8,10H2,1-2H3,(H,18,19). The second-order valence-corrected chi connectivity index (χ2v) is 6.41. The maximum absolute atomic E-state index is 13.4. The van der Waals surface area contributed by atoms with Crippen molar-refractivity contribution in [1.29, 1.82) is 0 Å². The molecule has 1 aromatic rings. The fourth-order valence-electron chi connectivity index (χ4n) is 2.46. The zero-order valence-corrected chi connectivity index (χ0v) is 11.9. The van der Waals surface area contributed by atoms with E-state index in [9.17, 15) is 14.3 Å². The lowest BCUT2D eigenvalue weighted by Crippen LogP contribution is -2.46. The third kappa shape index (κ3) is 3.54. The lowest BCUT2D eigenvalue weighted by atomic mass is 9.71. The summed E-state index contributed by atoms with van der Waals surface area (Å²) in [7, 11) is 0. The number of nitrogens with zero attached hydrogens (tertiary/aromatic N) is 1. The number of halogens is 1. The van der Waals surface area contributed by atoms with Gasteiger partial charge in [0.1, 0.15) is 0 Å². The van der Waals surface area contributed by atoms with Crippen molar-refractivity contribution in [3.63, 3.8) is 0 Å². The third-order valence-corrected chi connectivity index (χ3v) is 4.12. The van der Waals surface area contributed by atoms with Crippen LogP contribution >= 0.6 is 0 Å². The summed E-state index contributed by atoms with van der Waals surface area (Å²) in [6.07, 6.45) is 4.43. The smallest absolute Gasteiger partial charge is 0.256 e. The van der Waals surface area contributed by atoms with Crippen LogP contribution in [0.25, 0.3) is 0 Å². The molecule has 0 radical (unpaired) electrons. The molecule has 1 aliphatic rings. The van der Waals surface area contributed by atoms with Crippen molar-refractivity contribution in [2.45, 2.75) is 45.1 Å². The van der Waals surface area contributed by atoms with Gasteiger partial charge in [-0.2, -0.15) is 4.39 Å². The van der Waals surface area contributed by atoms with Crippen LogP contribution in [0.2, 0.25) is 0 Å². The van der Waals surface area contributed by atoms with E-state index in [-0.39, 0.29) is 17.5 Å². The first-order valence-corrected chi connectivity index (χ1v) is 6.93. The molecule has 110 valence electrons. The number of carbonyl (C=O) groups is 1. The normalized spacial score (nSPS) is 20.4. The van der Waals surface area contributed by atoms with Gasteiger partial charge in [0.2, 0.25) is 5.95 Å². The molecular formula is C15H21FN2O2. The molecule has 1 amide bonds. The molecule has 1 fully saturated rings. The van der Waals surface area contributed by atoms with Gasteiger partial charge in [-0.3, -0.25) is 4.79 Å². The van der Waals surface area contributed by atoms with E-state index in [1.807, 2.05) is 0 Å². The maximum Gasteiger partial charge on any atom is 0.256 e. The number of rotatable bonds is 3. The Morgan fingerprint density at radius 1 is 1.40 bits per heavy atom. The molecule has 2 N–H and O–H groups in total. The summed E-state index contributed by atoms with van der Waals surface area (Å²) in [5.74, 6) is -1.32. The van der Waals surface area contributed by atoms with Gasteiger partial charge in [-0.05, 0) is 43.2 Å². The van der Waals surface area contributed by atoms with Crippen LogP contribution in [-0.4, -0.2) is 28.1 Å². The number of pyridine rings is 1. The lowest BCUT2D eigenvalue weighted by Gasteiger charge is -2.40. The summed E-state index contributed by atoms with van der Waals surface area (Å²) in [4.78, 5) is 15.3. The summed E-state index contributed by atoms with van der Waals surface area (Å²) < 4.78 is 13.4. The van der Waals surface area contributed by atoms with Gasteiger partial charge in [-0.25, -0.2) is 4.98 Å². The largest absolute Gasteiger partial charge is 0.388 e. The zero-order valence-electron chi connectivity index (χ0n) is 11.9. The Kier molecular flexibility index (Phi) is 4.09. The predicted molar refractivity (Wildman–Crippen MR) is 73.7 cm³/mol. The highest BCUT2D eigenvalue weighted by molar-refractivity contribution is 5.94. The molecule has 0 spiro atoms. The summed E-state index contributed by atoms with van der Waals surface area (Å²) in [6.45, 7) is 4.50. The number of carbonyl (C=O) groups excluding carboxylic acids is 1. The molecule has 20 heavy (non-hydrogen) atoms. The van der Waals surface area contributed by atoms with Crippen molar-refractivity contribution in [3.05, 3.63) is 29.8 Å². The molecule has 1 aromatic heterocycles. The first-order chi connectivity index (χ1) is 9.31. The van der Waals surface area contributed by atoms with E-state index < -0.39 is 17.5 Å². The Morgan fingerprint density at radius 3 is 2.65 bits per heavy atom. The van der Waals surface area contributed by atoms with Gasteiger partial charge in [0.25, 0.3) is 5.91 Å². The molecule has 1 heterocycles. The van der Waals surface area contributed by atoms with Crippen molar-refractivity contribution in [3.8, 4) is 0 Å². The Balaban J connectivity index is 1.92. The van der Waals surface area contributed by atoms with E-state index >= 15 is 0 Å². The second kappa shape index (κ2) is 5.48. The van der Waals surface area contributed by atoms with E-state index in [4.69, 9.17) is 0 Å². The SMILES string of the molecule is CC1(C)CCC(O)(CNC(=O)c2cccnc2F)CC1. The van der Waals surface area contributed by atoms with Crippen molar-refractivity contribution < 1.29 is 14.3 Å². The quantitative estimate of drug-likeness (QED) is 0.835. The minimum absolute atomic E-state index is 0.0905. The minimum atomic E-state index is -0.885. The van der Waals surface area contributed by atoms with Crippen molar-refractivity contribution in [2.75, 3.05) is 6.54 Å². The summed E-state index contributed by atoms with van der Waals surface area (Å²) in [5.41, 5.74) is -0.734. The number of amides is 1. The van der Waals surface area contributed by atoms with Crippen LogP contribution in [0.4, 0.5) is 4.39 Å². The number of aliphatic hydroxyl groups is 1. The van der Waals surface area contributed by atoms with Gasteiger partial charge in [0.05, 0.1) is 11.2 Å². The topological polar surface area (TPSA) is 62.2 Å². The second-order valence-electron chi connectivity index (χ2n) is 6.41. The predicted octanol–water partition coefficient (Wildman–Crippen LogP) is 2.28. The fraction of sp³-hybridized carbons (Fsp3) is 0.600. The molecule has 0 aliphatic heterocycles. The van der Waals surface area contributed by atoms with E-state index in [1.165, 1.54) is 18.3 Å². The average Bonchev–Trinajstić information content (AvgIpc) is 2.41. The van der Waals surface area contributed by atoms with Crippen LogP contribution in [0.1, 0.15) is 49.9 Å². The monoisotopic (exact) mass is 280 g/mol. The molecule has 1 saturated carbocycles. The first kappa shape index (κ1) is 14.9. The van der Waals surface area contributed by atoms with E-state index in [1.54, 1.807) is 0 Å². The Hall–Kier alpha value is -1.49. The lowest BCUT2D eigenvalue weighted by molar-refractivity contribution is -0.0233. The Labute approximate surface area is 118 Å². The van der Waals surface area contributed by atoms with Gasteiger partial charge in [0.15, 0.2) is 0 Å². The molecular weight excluding hydrogens is 259 g/mol. The third-order valence-electron chi connectivity index (χ3n) is 4.12. The fourth-order valence-corrected chi connectivity index (χ4v) is 2.46. The van der Waals surface area contributed by atoms with E-state index in [0.29, 0.717) is 12.8 Å². The van der Waals surface area contributed by atoms with Crippen LogP contribution in [0.5, 0.6) is 0 Å². The Morgan fingerprint density at radius 2 is 2.05 bits per heavy atom. The van der Waals surface area contributed by atoms with Gasteiger partial charge in [-0.15, -0.1) is 0 Å². The van der Waals surface area contributed by atoms with Crippen molar-refractivity contribution in [1.82, 2.24) is 10.3 Å². The summed E-state index contributed by atoms with van der Waals surface area (Å²) in [6, 6.07) is 2.89. The van der Waals surface area contributed by atoms with Gasteiger partial charge in [0, 0.05) is 12.7 Å². The molecule has 0 aromatic carbocycles. The van der Waals surface area contributed by atoms with Gasteiger partial charge < -0.3 is 10.4 Å². The Bertz CT molecular complexity index is 492. The van der Waals surface area contributed by atoms with Crippen LogP contribution < -0.4 is 5.32 Å². The van der Waals surface area contributed by atoms with Crippen molar-refractivity contribution >= 4 is 5.91 Å². The summed E-state index contributed by atoms with van der Waals surface area (Å²) >= 11 is 0. The highest BCUT2D eigenvalue weighted by atomic mass is 19.1. The molecule has 2 rings (SSSR count). The average molecular weight is 280 g/mol. The molecule has 5 heteroatoms. The van der Waals surface area contributed by atoms with E-state index in [2.05, 4.69) is 24.1 Å². The van der Waals surface area contributed by atoms with Crippen LogP contribution in [0, 0.1) is 11.4 Å². The molecule has 0 bridgehead atoms. The zero-order chi connectivity index (χ0) is 14.8. The number of aromatic nitrogens is 1. The van der Waals surface area contributed by atoms with Gasteiger partial charge >= 0.3 is 0 Å². The summed E-state index contributed by atoms with van der Waals surface area (Å²) in [5, 5.41) is 13.1. The van der Waals surface area contributed by atoms with Crippen molar-refractivity contribution in [2.24, 2.45) is 5.41 Å². The molecule has 0 unspecified atom stereocenters. The number of hydrogen-bond donors (Lipinski definition) is 2. The molecule has 0 atom stereocenters. The highest BCUT2D eigenvalue weighted by Crippen LogP contribution is 2.39. The van der Waals surface area contributed by atoms with Crippen LogP contribution in [0.3, 0.4) is 0 Å². The molecule has 1 aliphatic carbocycles. The number of nitrogens with one attached hydrogen (secondary N) is 1. The van der Waals surface area contributed by atoms with Crippen LogP contribution in [0.15, 0.2) is 18.3 Å². The van der Waals surface area contributed by atoms with Gasteiger partial charge in [-0.1, -0.05) is 13.8 Å². The van der Waals surface area contributed by atoms with Crippen LogP contribution in [-0.2, 0) is 0 Å². The minimum Gasteiger partial charge on any atom is -0.388 e. The molecule has 0 saturated heterocycles. The molecule has 4 nitrogen and oxygen atoms in total. The number of hydrogen-bond acceptors (Lipinski definition) is 3. The highest BCUT2D eigenvalue weighted by Gasteiger charge is 2.36. The maximum atomic E-state index is 13.4. The first-order valence-electron chi connectivity index (χ1n) is 6.93.